The van der Waals surface area contributed by atoms with Gasteiger partial charge in [0.15, 0.2) is 0 Å². The van der Waals surface area contributed by atoms with E-state index in [1.807, 2.05) is 23.1 Å². The lowest BCUT2D eigenvalue weighted by Gasteiger charge is -2.10. The largest absolute Gasteiger partial charge is 0.144 e. The molecule has 0 radical (unpaired) electrons. The monoisotopic (exact) mass is 154 g/mol. The molecule has 0 aromatic carbocycles. The van der Waals surface area contributed by atoms with Crippen molar-refractivity contribution in [3.63, 3.8) is 0 Å². The highest BCUT2D eigenvalue weighted by atomic mass is 32.2. The highest BCUT2D eigenvalue weighted by Crippen LogP contribution is 2.33. The van der Waals surface area contributed by atoms with E-state index in [4.69, 9.17) is 0 Å². The molecule has 9 heavy (non-hydrogen) atoms. The minimum atomic E-state index is 1.21. The van der Waals surface area contributed by atoms with E-state index in [2.05, 4.69) is 22.9 Å². The smallest absolute Gasteiger partial charge is 0.0315 e. The molecule has 0 saturated heterocycles. The first-order valence-corrected chi connectivity index (χ1v) is 4.74. The predicted molar refractivity (Wildman–Crippen MR) is 44.8 cm³/mol. The minimum absolute atomic E-state index is 1.21. The van der Waals surface area contributed by atoms with Gasteiger partial charge in [0.25, 0.3) is 0 Å². The molecule has 1 aromatic rings. The van der Waals surface area contributed by atoms with Gasteiger partial charge in [-0.2, -0.15) is 0 Å². The number of hydrogen-bond acceptors (Lipinski definition) is 2. The summed E-state index contributed by atoms with van der Waals surface area (Å²) in [6.45, 7) is 0. The normalized spacial score (nSPS) is 16.7. The van der Waals surface area contributed by atoms with Crippen molar-refractivity contribution in [2.45, 2.75) is 0 Å². The summed E-state index contributed by atoms with van der Waals surface area (Å²) in [5, 5.41) is 4.35. The highest BCUT2D eigenvalue weighted by molar-refractivity contribution is 8.04. The van der Waals surface area contributed by atoms with Crippen LogP contribution in [0.5, 0.6) is 0 Å². The molecule has 0 bridgehead atoms. The molecule has 46 valence electrons. The molecule has 2 rings (SSSR count). The number of rotatable bonds is 1. The summed E-state index contributed by atoms with van der Waals surface area (Å²) in [6, 6.07) is 4.28. The van der Waals surface area contributed by atoms with Gasteiger partial charge in [0.2, 0.25) is 0 Å². The molecule has 1 aliphatic heterocycles. The van der Waals surface area contributed by atoms with E-state index >= 15 is 0 Å². The maximum atomic E-state index is 2.23. The number of thioether (sulfide) groups is 1. The molecule has 0 fully saturated rings. The zero-order chi connectivity index (χ0) is 6.10. The Labute approximate surface area is 62.6 Å². The standard InChI is InChI=1S/C7H6S2/c1-2-7(9-3-1)6-4-8-5-6/h1-4H,5H2. The molecule has 0 amide bonds. The van der Waals surface area contributed by atoms with Crippen molar-refractivity contribution in [3.05, 3.63) is 27.8 Å². The molecule has 2 heterocycles. The second-order valence-corrected chi connectivity index (χ2v) is 3.74. The van der Waals surface area contributed by atoms with Crippen LogP contribution in [-0.2, 0) is 0 Å². The van der Waals surface area contributed by atoms with Gasteiger partial charge in [-0.3, -0.25) is 0 Å². The lowest BCUT2D eigenvalue weighted by Crippen LogP contribution is -1.89. The molecule has 0 aliphatic carbocycles. The van der Waals surface area contributed by atoms with Gasteiger partial charge in [0, 0.05) is 10.6 Å². The quantitative estimate of drug-likeness (QED) is 0.599. The fourth-order valence-electron chi connectivity index (χ4n) is 0.757. The Morgan fingerprint density at radius 1 is 1.44 bits per heavy atom. The van der Waals surface area contributed by atoms with Gasteiger partial charge in [-0.25, -0.2) is 0 Å². The van der Waals surface area contributed by atoms with E-state index < -0.39 is 0 Å². The van der Waals surface area contributed by atoms with Crippen molar-refractivity contribution in [1.29, 1.82) is 0 Å². The Bertz CT molecular complexity index is 221. The minimum Gasteiger partial charge on any atom is -0.144 e. The second kappa shape index (κ2) is 2.20. The Kier molecular flexibility index (Phi) is 1.36. The van der Waals surface area contributed by atoms with Crippen LogP contribution in [0.3, 0.4) is 0 Å². The van der Waals surface area contributed by atoms with Gasteiger partial charge in [-0.05, 0) is 22.4 Å². The Morgan fingerprint density at radius 2 is 2.33 bits per heavy atom. The topological polar surface area (TPSA) is 0 Å². The van der Waals surface area contributed by atoms with E-state index in [-0.39, 0.29) is 0 Å². The highest BCUT2D eigenvalue weighted by Gasteiger charge is 2.08. The number of thiophene rings is 1. The van der Waals surface area contributed by atoms with Crippen molar-refractivity contribution < 1.29 is 0 Å². The van der Waals surface area contributed by atoms with Crippen LogP contribution in [0.4, 0.5) is 0 Å². The summed E-state index contributed by atoms with van der Waals surface area (Å²) in [5.74, 6) is 1.21. The predicted octanol–water partition coefficient (Wildman–Crippen LogP) is 2.84. The average Bonchev–Trinajstić information content (AvgIpc) is 2.11. The van der Waals surface area contributed by atoms with Crippen molar-refractivity contribution in [2.24, 2.45) is 0 Å². The number of hydrogen-bond donors (Lipinski definition) is 0. The van der Waals surface area contributed by atoms with Crippen LogP contribution in [0.15, 0.2) is 22.9 Å². The summed E-state index contributed by atoms with van der Waals surface area (Å²) >= 11 is 3.71. The van der Waals surface area contributed by atoms with Crippen LogP contribution in [0.2, 0.25) is 0 Å². The first-order valence-electron chi connectivity index (χ1n) is 2.81. The molecule has 0 saturated carbocycles. The third-order valence-electron chi connectivity index (χ3n) is 1.30. The summed E-state index contributed by atoms with van der Waals surface area (Å²) < 4.78 is 0. The SMILES string of the molecule is C1=C(c2cccs2)CS1. The Balaban J connectivity index is 2.34. The van der Waals surface area contributed by atoms with Gasteiger partial charge in [-0.1, -0.05) is 6.07 Å². The lowest BCUT2D eigenvalue weighted by atomic mass is 10.3. The summed E-state index contributed by atoms with van der Waals surface area (Å²) in [6.07, 6.45) is 0. The van der Waals surface area contributed by atoms with E-state index in [0.29, 0.717) is 0 Å². The summed E-state index contributed by atoms with van der Waals surface area (Å²) in [5.41, 5.74) is 1.51. The van der Waals surface area contributed by atoms with Crippen LogP contribution in [-0.4, -0.2) is 5.75 Å². The molecule has 0 nitrogen and oxygen atoms in total. The first-order chi connectivity index (χ1) is 4.47. The molecule has 1 aromatic heterocycles. The van der Waals surface area contributed by atoms with E-state index in [1.54, 1.807) is 0 Å². The van der Waals surface area contributed by atoms with E-state index in [1.165, 1.54) is 16.2 Å². The molecular formula is C7H6S2. The van der Waals surface area contributed by atoms with Crippen molar-refractivity contribution in [3.8, 4) is 0 Å². The summed E-state index contributed by atoms with van der Waals surface area (Å²) in [7, 11) is 0. The van der Waals surface area contributed by atoms with Gasteiger partial charge in [0.05, 0.1) is 0 Å². The molecule has 0 spiro atoms. The fraction of sp³-hybridized carbons (Fsp3) is 0.143. The van der Waals surface area contributed by atoms with Gasteiger partial charge < -0.3 is 0 Å². The lowest BCUT2D eigenvalue weighted by molar-refractivity contribution is 1.72. The Hall–Kier alpha value is -0.210. The molecule has 0 N–H and O–H groups in total. The fourth-order valence-corrected chi connectivity index (χ4v) is 2.28. The first kappa shape index (κ1) is 5.57. The maximum absolute atomic E-state index is 2.23. The zero-order valence-electron chi connectivity index (χ0n) is 4.83. The van der Waals surface area contributed by atoms with Crippen molar-refractivity contribution >= 4 is 28.7 Å². The molecule has 1 aliphatic rings. The Morgan fingerprint density at radius 3 is 2.78 bits per heavy atom. The van der Waals surface area contributed by atoms with Crippen LogP contribution in [0, 0.1) is 0 Å². The maximum Gasteiger partial charge on any atom is 0.0315 e. The molecule has 2 heteroatoms. The van der Waals surface area contributed by atoms with Crippen LogP contribution < -0.4 is 0 Å². The third kappa shape index (κ3) is 0.926. The van der Waals surface area contributed by atoms with Crippen LogP contribution >= 0.6 is 23.1 Å². The van der Waals surface area contributed by atoms with Crippen LogP contribution in [0.25, 0.3) is 5.57 Å². The van der Waals surface area contributed by atoms with Gasteiger partial charge in [-0.15, -0.1) is 23.1 Å². The van der Waals surface area contributed by atoms with E-state index in [0.717, 1.165) is 0 Å². The third-order valence-corrected chi connectivity index (χ3v) is 3.18. The molecule has 0 atom stereocenters. The van der Waals surface area contributed by atoms with Gasteiger partial charge >= 0.3 is 0 Å². The van der Waals surface area contributed by atoms with Crippen molar-refractivity contribution in [2.75, 3.05) is 5.75 Å². The van der Waals surface area contributed by atoms with E-state index in [9.17, 15) is 0 Å². The van der Waals surface area contributed by atoms with Crippen LogP contribution in [0.1, 0.15) is 4.88 Å². The zero-order valence-corrected chi connectivity index (χ0v) is 6.47. The molecule has 0 unspecified atom stereocenters. The van der Waals surface area contributed by atoms with Crippen molar-refractivity contribution in [1.82, 2.24) is 0 Å². The summed E-state index contributed by atoms with van der Waals surface area (Å²) in [4.78, 5) is 1.44. The van der Waals surface area contributed by atoms with Gasteiger partial charge in [0.1, 0.15) is 0 Å². The molecular weight excluding hydrogens is 148 g/mol. The second-order valence-electron chi connectivity index (χ2n) is 1.93. The average molecular weight is 154 g/mol.